The van der Waals surface area contributed by atoms with Gasteiger partial charge in [-0.25, -0.2) is 5.43 Å². The second kappa shape index (κ2) is 8.51. The van der Waals surface area contributed by atoms with Crippen LogP contribution < -0.4 is 15.5 Å². The van der Waals surface area contributed by atoms with Crippen LogP contribution >= 0.6 is 0 Å². The second-order valence-electron chi connectivity index (χ2n) is 6.56. The van der Waals surface area contributed by atoms with Crippen molar-refractivity contribution >= 4 is 23.2 Å². The van der Waals surface area contributed by atoms with Crippen LogP contribution in [0.4, 0.5) is 5.69 Å². The Morgan fingerprint density at radius 3 is 2.66 bits per heavy atom. The highest BCUT2D eigenvalue weighted by Gasteiger charge is 2.41. The van der Waals surface area contributed by atoms with Crippen LogP contribution in [0.25, 0.3) is 0 Å². The van der Waals surface area contributed by atoms with Gasteiger partial charge in [0, 0.05) is 24.1 Å². The quantitative estimate of drug-likeness (QED) is 0.334. The molecule has 29 heavy (non-hydrogen) atoms. The number of rotatable bonds is 6. The molecule has 2 aromatic rings. The monoisotopic (exact) mass is 396 g/mol. The number of carbonyl (C=O) groups excluding carboxylic acids is 2. The lowest BCUT2D eigenvalue weighted by molar-refractivity contribution is -0.385. The van der Waals surface area contributed by atoms with Gasteiger partial charge in [-0.1, -0.05) is 30.3 Å². The van der Waals surface area contributed by atoms with Crippen molar-refractivity contribution in [3.05, 3.63) is 69.8 Å². The van der Waals surface area contributed by atoms with Crippen molar-refractivity contribution in [2.24, 2.45) is 11.0 Å². The average molecular weight is 396 g/mol. The number of nitrogens with one attached hydrogen (secondary N) is 2. The third-order valence-corrected chi connectivity index (χ3v) is 4.82. The first-order valence-corrected chi connectivity index (χ1v) is 8.92. The van der Waals surface area contributed by atoms with Crippen molar-refractivity contribution in [1.29, 1.82) is 0 Å². The summed E-state index contributed by atoms with van der Waals surface area (Å²) in [5, 5.41) is 17.9. The van der Waals surface area contributed by atoms with E-state index < -0.39 is 16.7 Å². The van der Waals surface area contributed by atoms with Crippen LogP contribution in [0, 0.1) is 16.0 Å². The summed E-state index contributed by atoms with van der Waals surface area (Å²) in [6.07, 6.45) is 0. The number of hydrazone groups is 1. The van der Waals surface area contributed by atoms with Crippen LogP contribution in [0.15, 0.2) is 53.6 Å². The van der Waals surface area contributed by atoms with Gasteiger partial charge in [0.25, 0.3) is 5.91 Å². The first-order valence-electron chi connectivity index (χ1n) is 8.92. The zero-order valence-corrected chi connectivity index (χ0v) is 15.9. The Labute approximate surface area is 166 Å². The van der Waals surface area contributed by atoms with Gasteiger partial charge in [-0.2, -0.15) is 5.10 Å². The molecular weight excluding hydrogens is 376 g/mol. The van der Waals surface area contributed by atoms with Gasteiger partial charge in [-0.15, -0.1) is 0 Å². The van der Waals surface area contributed by atoms with E-state index in [1.807, 2.05) is 30.3 Å². The predicted molar refractivity (Wildman–Crippen MR) is 106 cm³/mol. The number of methoxy groups -OCH3 is 1. The lowest BCUT2D eigenvalue weighted by atomic mass is 9.88. The summed E-state index contributed by atoms with van der Waals surface area (Å²) in [6, 6.07) is 13.7. The normalized spacial score (nSPS) is 18.8. The van der Waals surface area contributed by atoms with E-state index in [0.717, 1.165) is 5.56 Å². The summed E-state index contributed by atoms with van der Waals surface area (Å²) in [5.74, 6) is -1.95. The maximum absolute atomic E-state index is 12.6. The largest absolute Gasteiger partial charge is 0.490 e. The van der Waals surface area contributed by atoms with Crippen molar-refractivity contribution in [3.63, 3.8) is 0 Å². The van der Waals surface area contributed by atoms with Gasteiger partial charge >= 0.3 is 5.69 Å². The number of amides is 2. The molecule has 150 valence electrons. The first kappa shape index (κ1) is 20.0. The lowest BCUT2D eigenvalue weighted by Gasteiger charge is -2.15. The van der Waals surface area contributed by atoms with Crippen molar-refractivity contribution in [1.82, 2.24) is 10.7 Å². The maximum Gasteiger partial charge on any atom is 0.311 e. The molecule has 3 rings (SSSR count). The summed E-state index contributed by atoms with van der Waals surface area (Å²) >= 11 is 0. The van der Waals surface area contributed by atoms with E-state index in [4.69, 9.17) is 4.74 Å². The highest BCUT2D eigenvalue weighted by Crippen LogP contribution is 2.29. The molecule has 0 aliphatic carbocycles. The number of nitrogens with zero attached hydrogens (tertiary/aromatic N) is 2. The van der Waals surface area contributed by atoms with Crippen LogP contribution in [-0.2, 0) is 9.59 Å². The second-order valence-corrected chi connectivity index (χ2v) is 6.56. The molecule has 0 radical (unpaired) electrons. The molecule has 1 saturated heterocycles. The Kier molecular flexibility index (Phi) is 5.87. The van der Waals surface area contributed by atoms with Gasteiger partial charge in [0.15, 0.2) is 5.75 Å². The Bertz CT molecular complexity index is 974. The molecule has 2 aromatic carbocycles. The number of ether oxygens (including phenoxy) is 1. The SMILES string of the molecule is COc1ccc(C(C)=NNC(=O)[C@H]2C(=O)NC[C@@H]2c2ccccc2)cc1[N+](=O)[O-]. The Morgan fingerprint density at radius 1 is 1.28 bits per heavy atom. The number of hydrogen-bond donors (Lipinski definition) is 2. The Balaban J connectivity index is 1.78. The van der Waals surface area contributed by atoms with Gasteiger partial charge in [0.2, 0.25) is 5.91 Å². The molecule has 0 saturated carbocycles. The molecule has 9 nitrogen and oxygen atoms in total. The number of benzene rings is 2. The van der Waals surface area contributed by atoms with E-state index >= 15 is 0 Å². The molecule has 0 aromatic heterocycles. The predicted octanol–water partition coefficient (Wildman–Crippen LogP) is 1.97. The zero-order valence-electron chi connectivity index (χ0n) is 15.9. The van der Waals surface area contributed by atoms with Crippen LogP contribution in [0.2, 0.25) is 0 Å². The zero-order chi connectivity index (χ0) is 21.0. The topological polar surface area (TPSA) is 123 Å². The molecule has 2 amide bonds. The van der Waals surface area contributed by atoms with Crippen molar-refractivity contribution in [2.75, 3.05) is 13.7 Å². The van der Waals surface area contributed by atoms with E-state index in [1.165, 1.54) is 19.2 Å². The third kappa shape index (κ3) is 4.23. The van der Waals surface area contributed by atoms with E-state index in [1.54, 1.807) is 13.0 Å². The van der Waals surface area contributed by atoms with Gasteiger partial charge in [-0.3, -0.25) is 19.7 Å². The summed E-state index contributed by atoms with van der Waals surface area (Å²) in [4.78, 5) is 35.5. The fraction of sp³-hybridized carbons (Fsp3) is 0.250. The molecule has 0 unspecified atom stereocenters. The summed E-state index contributed by atoms with van der Waals surface area (Å²) < 4.78 is 4.98. The van der Waals surface area contributed by atoms with Crippen molar-refractivity contribution in [2.45, 2.75) is 12.8 Å². The highest BCUT2D eigenvalue weighted by molar-refractivity contribution is 6.04. The minimum atomic E-state index is -0.904. The molecule has 1 fully saturated rings. The molecule has 0 bridgehead atoms. The van der Waals surface area contributed by atoms with Crippen LogP contribution in [0.3, 0.4) is 0 Å². The molecule has 1 aliphatic rings. The van der Waals surface area contributed by atoms with E-state index in [-0.39, 0.29) is 23.3 Å². The summed E-state index contributed by atoms with van der Waals surface area (Å²) in [5.41, 5.74) is 3.91. The molecule has 0 spiro atoms. The molecule has 1 heterocycles. The van der Waals surface area contributed by atoms with E-state index in [9.17, 15) is 19.7 Å². The van der Waals surface area contributed by atoms with Crippen LogP contribution in [0.5, 0.6) is 5.75 Å². The number of hydrogen-bond acceptors (Lipinski definition) is 6. The van der Waals surface area contributed by atoms with Gasteiger partial charge in [-0.05, 0) is 24.6 Å². The van der Waals surface area contributed by atoms with Crippen LogP contribution in [0.1, 0.15) is 24.0 Å². The molecule has 9 heteroatoms. The fourth-order valence-electron chi connectivity index (χ4n) is 3.26. The molecule has 1 aliphatic heterocycles. The average Bonchev–Trinajstić information content (AvgIpc) is 3.13. The fourth-order valence-corrected chi connectivity index (χ4v) is 3.26. The Morgan fingerprint density at radius 2 is 2.00 bits per heavy atom. The number of carbonyl (C=O) groups is 2. The van der Waals surface area contributed by atoms with Gasteiger partial charge in [0.05, 0.1) is 17.7 Å². The minimum absolute atomic E-state index is 0.129. The Hall–Kier alpha value is -3.75. The lowest BCUT2D eigenvalue weighted by Crippen LogP contribution is -2.35. The first-order chi connectivity index (χ1) is 13.9. The third-order valence-electron chi connectivity index (χ3n) is 4.82. The van der Waals surface area contributed by atoms with Crippen molar-refractivity contribution in [3.8, 4) is 5.75 Å². The number of nitro groups is 1. The van der Waals surface area contributed by atoms with Crippen LogP contribution in [-0.4, -0.2) is 36.1 Å². The summed E-state index contributed by atoms with van der Waals surface area (Å²) in [7, 11) is 1.35. The standard InChI is InChI=1S/C20H20N4O5/c1-12(14-8-9-17(29-2)16(10-14)24(27)28)22-23-20(26)18-15(11-21-19(18)25)13-6-4-3-5-7-13/h3-10,15,18H,11H2,1-2H3,(H,21,25)(H,23,26)/t15-,18-/m1/s1. The van der Waals surface area contributed by atoms with E-state index in [0.29, 0.717) is 17.8 Å². The molecule has 2 N–H and O–H groups in total. The van der Waals surface area contributed by atoms with Gasteiger partial charge in [0.1, 0.15) is 5.92 Å². The summed E-state index contributed by atoms with van der Waals surface area (Å²) in [6.45, 7) is 1.98. The minimum Gasteiger partial charge on any atom is -0.490 e. The van der Waals surface area contributed by atoms with Crippen molar-refractivity contribution < 1.29 is 19.2 Å². The number of nitro benzene ring substituents is 1. The smallest absolute Gasteiger partial charge is 0.311 e. The molecule has 2 atom stereocenters. The maximum atomic E-state index is 12.6. The highest BCUT2D eigenvalue weighted by atomic mass is 16.6. The van der Waals surface area contributed by atoms with E-state index in [2.05, 4.69) is 15.8 Å². The molecular formula is C20H20N4O5. The van der Waals surface area contributed by atoms with Gasteiger partial charge < -0.3 is 10.1 Å².